The van der Waals surface area contributed by atoms with Gasteiger partial charge in [-0.2, -0.15) is 4.31 Å². The van der Waals surface area contributed by atoms with Gasteiger partial charge in [-0.05, 0) is 37.1 Å². The van der Waals surface area contributed by atoms with E-state index in [4.69, 9.17) is 4.74 Å². The second-order valence-electron chi connectivity index (χ2n) is 8.21. The Balaban J connectivity index is 1.31. The summed E-state index contributed by atoms with van der Waals surface area (Å²) in [7, 11) is -3.55. The molecule has 1 saturated carbocycles. The highest BCUT2D eigenvalue weighted by molar-refractivity contribution is 8.00. The Morgan fingerprint density at radius 1 is 1.25 bits per heavy atom. The lowest BCUT2D eigenvalue weighted by molar-refractivity contribution is -0.115. The number of rotatable bonds is 8. The van der Waals surface area contributed by atoms with Crippen molar-refractivity contribution in [3.05, 3.63) is 30.1 Å². The molecule has 1 unspecified atom stereocenters. The molecule has 32 heavy (non-hydrogen) atoms. The molecular formula is C21H29N5O4S2. The maximum absolute atomic E-state index is 12.7. The molecule has 1 aliphatic carbocycles. The van der Waals surface area contributed by atoms with Crippen molar-refractivity contribution in [3.63, 3.8) is 0 Å². The summed E-state index contributed by atoms with van der Waals surface area (Å²) >= 11 is 1.30. The predicted molar refractivity (Wildman–Crippen MR) is 122 cm³/mol. The first kappa shape index (κ1) is 23.2. The van der Waals surface area contributed by atoms with E-state index in [0.29, 0.717) is 43.1 Å². The summed E-state index contributed by atoms with van der Waals surface area (Å²) < 4.78 is 32.1. The summed E-state index contributed by atoms with van der Waals surface area (Å²) in [6, 6.07) is 6.25. The van der Waals surface area contributed by atoms with Gasteiger partial charge in [-0.1, -0.05) is 37.4 Å². The number of carbonyl (C=O) groups excluding carboxylic acids is 1. The number of ether oxygens (including phenoxy) is 1. The number of aromatic nitrogens is 3. The Kier molecular flexibility index (Phi) is 7.49. The van der Waals surface area contributed by atoms with Crippen LogP contribution in [0.15, 0.2) is 34.3 Å². The van der Waals surface area contributed by atoms with Crippen LogP contribution in [0.4, 0.5) is 5.69 Å². The van der Waals surface area contributed by atoms with Crippen LogP contribution in [-0.2, 0) is 26.0 Å². The van der Waals surface area contributed by atoms with Crippen LogP contribution < -0.4 is 5.32 Å². The highest BCUT2D eigenvalue weighted by Gasteiger charge is 2.26. The lowest BCUT2D eigenvalue weighted by Gasteiger charge is -2.26. The molecule has 2 aliphatic rings. The first-order valence-electron chi connectivity index (χ1n) is 11.0. The van der Waals surface area contributed by atoms with Crippen molar-refractivity contribution in [3.8, 4) is 0 Å². The summed E-state index contributed by atoms with van der Waals surface area (Å²) in [6.07, 6.45) is 5.98. The van der Waals surface area contributed by atoms with E-state index in [2.05, 4.69) is 20.5 Å². The van der Waals surface area contributed by atoms with Gasteiger partial charge in [-0.25, -0.2) is 13.4 Å². The molecule has 1 atom stereocenters. The molecule has 11 heteroatoms. The standard InChI is InChI=1S/C21H29N5O4S2/c1-15(31-21-23-19(24-25-21)14-16-4-2-3-5-16)20(27)22-17-6-8-18(9-7-17)32(28,29)26-10-12-30-13-11-26/h6-9,15-16H,2-5,10-14H2,1H3,(H,22,27)(H,23,24,25). The fourth-order valence-electron chi connectivity index (χ4n) is 4.01. The van der Waals surface area contributed by atoms with Crippen molar-refractivity contribution in [2.75, 3.05) is 31.6 Å². The van der Waals surface area contributed by atoms with E-state index in [9.17, 15) is 13.2 Å². The minimum atomic E-state index is -3.55. The van der Waals surface area contributed by atoms with E-state index in [-0.39, 0.29) is 10.8 Å². The van der Waals surface area contributed by atoms with Gasteiger partial charge in [0.25, 0.3) is 0 Å². The van der Waals surface area contributed by atoms with Gasteiger partial charge in [0.2, 0.25) is 21.1 Å². The average Bonchev–Trinajstić information content (AvgIpc) is 3.47. The monoisotopic (exact) mass is 479 g/mol. The van der Waals surface area contributed by atoms with Crippen LogP contribution in [0.2, 0.25) is 0 Å². The highest BCUT2D eigenvalue weighted by Crippen LogP contribution is 2.28. The first-order chi connectivity index (χ1) is 15.4. The highest BCUT2D eigenvalue weighted by atomic mass is 32.2. The number of benzene rings is 1. The van der Waals surface area contributed by atoms with Gasteiger partial charge < -0.3 is 10.1 Å². The molecule has 174 valence electrons. The van der Waals surface area contributed by atoms with E-state index in [0.717, 1.165) is 12.2 Å². The molecule has 2 N–H and O–H groups in total. The predicted octanol–water partition coefficient (Wildman–Crippen LogP) is 2.68. The number of hydrogen-bond donors (Lipinski definition) is 2. The van der Waals surface area contributed by atoms with Crippen LogP contribution in [-0.4, -0.2) is 65.4 Å². The molecule has 0 spiro atoms. The number of aromatic amines is 1. The van der Waals surface area contributed by atoms with Gasteiger partial charge in [-0.3, -0.25) is 9.89 Å². The van der Waals surface area contributed by atoms with Gasteiger partial charge in [0.15, 0.2) is 0 Å². The number of amides is 1. The molecule has 2 aromatic rings. The van der Waals surface area contributed by atoms with Gasteiger partial charge in [0.05, 0.1) is 23.4 Å². The van der Waals surface area contributed by atoms with Crippen molar-refractivity contribution < 1.29 is 17.9 Å². The number of sulfonamides is 1. The molecule has 1 amide bonds. The fraction of sp³-hybridized carbons (Fsp3) is 0.571. The number of hydrogen-bond acceptors (Lipinski definition) is 7. The van der Waals surface area contributed by atoms with Crippen LogP contribution in [0, 0.1) is 5.92 Å². The Morgan fingerprint density at radius 3 is 2.62 bits per heavy atom. The third-order valence-corrected chi connectivity index (χ3v) is 8.72. The smallest absolute Gasteiger partial charge is 0.243 e. The molecular weight excluding hydrogens is 450 g/mol. The van der Waals surface area contributed by atoms with Crippen molar-refractivity contribution in [1.29, 1.82) is 0 Å². The molecule has 0 bridgehead atoms. The van der Waals surface area contributed by atoms with E-state index in [1.807, 2.05) is 0 Å². The fourth-order valence-corrected chi connectivity index (χ4v) is 6.16. The van der Waals surface area contributed by atoms with Crippen LogP contribution >= 0.6 is 11.8 Å². The second kappa shape index (κ2) is 10.3. The molecule has 0 radical (unpaired) electrons. The van der Waals surface area contributed by atoms with Crippen molar-refractivity contribution in [2.45, 2.75) is 54.3 Å². The van der Waals surface area contributed by atoms with E-state index < -0.39 is 15.3 Å². The molecule has 2 heterocycles. The summed E-state index contributed by atoms with van der Waals surface area (Å²) in [5, 5.41) is 10.2. The lowest BCUT2D eigenvalue weighted by atomic mass is 10.0. The molecule has 1 aromatic heterocycles. The molecule has 2 fully saturated rings. The summed E-state index contributed by atoms with van der Waals surface area (Å²) in [4.78, 5) is 17.3. The van der Waals surface area contributed by atoms with Crippen molar-refractivity contribution >= 4 is 33.4 Å². The summed E-state index contributed by atoms with van der Waals surface area (Å²) in [5.74, 6) is 1.36. The number of morpholine rings is 1. The van der Waals surface area contributed by atoms with Crippen LogP contribution in [0.25, 0.3) is 0 Å². The van der Waals surface area contributed by atoms with E-state index in [1.165, 1.54) is 53.9 Å². The SMILES string of the molecule is CC(Sc1n[nH]c(CC2CCCC2)n1)C(=O)Nc1ccc(S(=O)(=O)N2CCOCC2)cc1. The number of thioether (sulfide) groups is 1. The largest absolute Gasteiger partial charge is 0.379 e. The minimum Gasteiger partial charge on any atom is -0.379 e. The summed E-state index contributed by atoms with van der Waals surface area (Å²) in [5.41, 5.74) is 0.542. The number of H-pyrrole nitrogens is 1. The number of nitrogens with one attached hydrogen (secondary N) is 2. The summed E-state index contributed by atoms with van der Waals surface area (Å²) in [6.45, 7) is 3.29. The van der Waals surface area contributed by atoms with Gasteiger partial charge in [0, 0.05) is 25.2 Å². The Morgan fingerprint density at radius 2 is 1.94 bits per heavy atom. The maximum atomic E-state index is 12.7. The Labute approximate surface area is 192 Å². The average molecular weight is 480 g/mol. The molecule has 9 nitrogen and oxygen atoms in total. The van der Waals surface area contributed by atoms with Crippen molar-refractivity contribution in [1.82, 2.24) is 19.5 Å². The van der Waals surface area contributed by atoms with Crippen molar-refractivity contribution in [2.24, 2.45) is 5.92 Å². The minimum absolute atomic E-state index is 0.194. The zero-order valence-electron chi connectivity index (χ0n) is 18.1. The number of anilines is 1. The molecule has 1 aliphatic heterocycles. The van der Waals surface area contributed by atoms with E-state index in [1.54, 1.807) is 19.1 Å². The number of carbonyl (C=O) groups is 1. The van der Waals surface area contributed by atoms with Crippen LogP contribution in [0.1, 0.15) is 38.4 Å². The molecule has 1 saturated heterocycles. The van der Waals surface area contributed by atoms with E-state index >= 15 is 0 Å². The zero-order chi connectivity index (χ0) is 22.6. The maximum Gasteiger partial charge on any atom is 0.243 e. The number of nitrogens with zero attached hydrogens (tertiary/aromatic N) is 3. The quantitative estimate of drug-likeness (QED) is 0.559. The molecule has 1 aromatic carbocycles. The van der Waals surface area contributed by atoms with Crippen LogP contribution in [0.3, 0.4) is 0 Å². The van der Waals surface area contributed by atoms with Gasteiger partial charge >= 0.3 is 0 Å². The van der Waals surface area contributed by atoms with Gasteiger partial charge in [0.1, 0.15) is 5.82 Å². The lowest BCUT2D eigenvalue weighted by Crippen LogP contribution is -2.40. The first-order valence-corrected chi connectivity index (χ1v) is 13.3. The third-order valence-electron chi connectivity index (χ3n) is 5.85. The normalized spacial score (nSPS) is 19.2. The topological polar surface area (TPSA) is 117 Å². The Hall–Kier alpha value is -1.95. The second-order valence-corrected chi connectivity index (χ2v) is 11.5. The Bertz CT molecular complexity index is 1010. The molecule has 4 rings (SSSR count). The zero-order valence-corrected chi connectivity index (χ0v) is 19.8. The third kappa shape index (κ3) is 5.69. The van der Waals surface area contributed by atoms with Gasteiger partial charge in [-0.15, -0.1) is 5.10 Å². The van der Waals surface area contributed by atoms with Crippen LogP contribution in [0.5, 0.6) is 0 Å².